The first-order chi connectivity index (χ1) is 20.0. The number of rotatable bonds is 10. The fourth-order valence-corrected chi connectivity index (χ4v) is 4.90. The van der Waals surface area contributed by atoms with E-state index in [9.17, 15) is 24.6 Å². The van der Waals surface area contributed by atoms with Crippen molar-refractivity contribution >= 4 is 17.9 Å². The van der Waals surface area contributed by atoms with Gasteiger partial charge in [-0.05, 0) is 81.0 Å². The molecule has 1 saturated carbocycles. The molecule has 222 valence electrons. The Morgan fingerprint density at radius 2 is 1.60 bits per heavy atom. The van der Waals surface area contributed by atoms with Gasteiger partial charge in [-0.15, -0.1) is 0 Å². The standard InChI is InChI=1S/C33H39N3O6/c1-33(2,3)42-32(41)35-28(19-22-15-17-26(37)18-16-22)31(40)36(25-12-8-13-25)29(24-11-7-14-27(38)20-24)30(39)34-21-23-9-5-4-6-10-23/h4-7,9-11,14-18,20,25,28-29,37-38H,8,12-13,19,21H2,1-3H3,(H,34,39)(H,35,41). The van der Waals surface area contributed by atoms with Gasteiger partial charge in [0, 0.05) is 19.0 Å². The van der Waals surface area contributed by atoms with Crippen LogP contribution in [0.5, 0.6) is 11.5 Å². The summed E-state index contributed by atoms with van der Waals surface area (Å²) in [6, 6.07) is 19.8. The first-order valence-corrected chi connectivity index (χ1v) is 14.2. The van der Waals surface area contributed by atoms with Gasteiger partial charge in [-0.2, -0.15) is 0 Å². The van der Waals surface area contributed by atoms with E-state index in [2.05, 4.69) is 10.6 Å². The third-order valence-electron chi connectivity index (χ3n) is 7.11. The van der Waals surface area contributed by atoms with Gasteiger partial charge in [-0.3, -0.25) is 9.59 Å². The molecule has 1 fully saturated rings. The van der Waals surface area contributed by atoms with Crippen LogP contribution in [-0.4, -0.2) is 50.7 Å². The van der Waals surface area contributed by atoms with E-state index >= 15 is 0 Å². The second kappa shape index (κ2) is 13.4. The SMILES string of the molecule is CC(C)(C)OC(=O)NC(Cc1ccc(O)cc1)C(=O)N(C1CCC1)C(C(=O)NCc1ccccc1)c1cccc(O)c1. The summed E-state index contributed by atoms with van der Waals surface area (Å²) in [4.78, 5) is 42.9. The molecule has 3 aromatic carbocycles. The molecular weight excluding hydrogens is 534 g/mol. The lowest BCUT2D eigenvalue weighted by Gasteiger charge is -2.43. The molecule has 2 unspecified atom stereocenters. The molecule has 9 heteroatoms. The Hall–Kier alpha value is -4.53. The van der Waals surface area contributed by atoms with Gasteiger partial charge >= 0.3 is 6.09 Å². The Bertz CT molecular complexity index is 1370. The average Bonchev–Trinajstić information content (AvgIpc) is 2.90. The van der Waals surface area contributed by atoms with Crippen molar-refractivity contribution in [3.8, 4) is 11.5 Å². The predicted molar refractivity (Wildman–Crippen MR) is 159 cm³/mol. The Labute approximate surface area is 246 Å². The number of hydrogen-bond acceptors (Lipinski definition) is 6. The highest BCUT2D eigenvalue weighted by Crippen LogP contribution is 2.35. The van der Waals surface area contributed by atoms with E-state index in [-0.39, 0.29) is 30.5 Å². The maximum absolute atomic E-state index is 14.5. The Morgan fingerprint density at radius 3 is 2.19 bits per heavy atom. The minimum atomic E-state index is -1.06. The lowest BCUT2D eigenvalue weighted by molar-refractivity contribution is -0.147. The lowest BCUT2D eigenvalue weighted by atomic mass is 9.87. The first kappa shape index (κ1) is 30.4. The van der Waals surface area contributed by atoms with Crippen LogP contribution in [0.2, 0.25) is 0 Å². The number of aromatic hydroxyl groups is 2. The second-order valence-corrected chi connectivity index (χ2v) is 11.6. The Kier molecular flexibility index (Phi) is 9.72. The number of phenolic OH excluding ortho intramolecular Hbond substituents is 2. The summed E-state index contributed by atoms with van der Waals surface area (Å²) >= 11 is 0. The number of nitrogens with zero attached hydrogens (tertiary/aromatic N) is 1. The van der Waals surface area contributed by atoms with Crippen LogP contribution in [0.15, 0.2) is 78.9 Å². The summed E-state index contributed by atoms with van der Waals surface area (Å²) in [5.41, 5.74) is 1.28. The summed E-state index contributed by atoms with van der Waals surface area (Å²) in [6.07, 6.45) is 1.65. The van der Waals surface area contributed by atoms with Gasteiger partial charge < -0.3 is 30.5 Å². The van der Waals surface area contributed by atoms with E-state index in [1.807, 2.05) is 30.3 Å². The summed E-state index contributed by atoms with van der Waals surface area (Å²) in [5.74, 6) is -0.786. The van der Waals surface area contributed by atoms with E-state index in [0.717, 1.165) is 12.0 Å². The van der Waals surface area contributed by atoms with Crippen LogP contribution >= 0.6 is 0 Å². The van der Waals surface area contributed by atoms with Crippen molar-refractivity contribution in [2.24, 2.45) is 0 Å². The number of nitrogens with one attached hydrogen (secondary N) is 2. The molecule has 0 bridgehead atoms. The maximum Gasteiger partial charge on any atom is 0.408 e. The molecule has 2 atom stereocenters. The molecule has 1 aliphatic carbocycles. The molecule has 0 radical (unpaired) electrons. The highest BCUT2D eigenvalue weighted by Gasteiger charge is 2.42. The molecule has 0 spiro atoms. The summed E-state index contributed by atoms with van der Waals surface area (Å²) in [7, 11) is 0. The molecule has 0 saturated heterocycles. The maximum atomic E-state index is 14.5. The highest BCUT2D eigenvalue weighted by atomic mass is 16.6. The largest absolute Gasteiger partial charge is 0.508 e. The third kappa shape index (κ3) is 8.25. The van der Waals surface area contributed by atoms with Crippen molar-refractivity contribution in [3.05, 3.63) is 95.6 Å². The number of carbonyl (C=O) groups excluding carboxylic acids is 3. The Morgan fingerprint density at radius 1 is 0.905 bits per heavy atom. The van der Waals surface area contributed by atoms with Crippen LogP contribution in [0, 0.1) is 0 Å². The number of carbonyl (C=O) groups is 3. The fraction of sp³-hybridized carbons (Fsp3) is 0.364. The highest BCUT2D eigenvalue weighted by molar-refractivity contribution is 5.92. The van der Waals surface area contributed by atoms with E-state index in [1.54, 1.807) is 49.9 Å². The number of alkyl carbamates (subject to hydrolysis) is 1. The quantitative estimate of drug-likeness (QED) is 0.271. The lowest BCUT2D eigenvalue weighted by Crippen LogP contribution is -2.58. The van der Waals surface area contributed by atoms with Gasteiger partial charge in [0.1, 0.15) is 29.2 Å². The molecule has 3 amide bonds. The molecule has 4 rings (SSSR count). The van der Waals surface area contributed by atoms with E-state index in [0.29, 0.717) is 24.0 Å². The Balaban J connectivity index is 1.70. The van der Waals surface area contributed by atoms with Crippen LogP contribution in [0.3, 0.4) is 0 Å². The van der Waals surface area contributed by atoms with Gasteiger partial charge in [-0.25, -0.2) is 4.79 Å². The van der Waals surface area contributed by atoms with Crippen molar-refractivity contribution in [2.45, 2.75) is 76.7 Å². The van der Waals surface area contributed by atoms with E-state index in [1.165, 1.54) is 24.3 Å². The molecule has 0 aromatic heterocycles. The summed E-state index contributed by atoms with van der Waals surface area (Å²) < 4.78 is 5.48. The van der Waals surface area contributed by atoms with Gasteiger partial charge in [0.15, 0.2) is 0 Å². The third-order valence-corrected chi connectivity index (χ3v) is 7.11. The molecule has 4 N–H and O–H groups in total. The molecule has 3 aromatic rings. The zero-order chi connectivity index (χ0) is 30.3. The summed E-state index contributed by atoms with van der Waals surface area (Å²) in [6.45, 7) is 5.46. The smallest absolute Gasteiger partial charge is 0.408 e. The molecule has 0 heterocycles. The van der Waals surface area contributed by atoms with Crippen molar-refractivity contribution in [2.75, 3.05) is 0 Å². The fourth-order valence-electron chi connectivity index (χ4n) is 4.90. The first-order valence-electron chi connectivity index (χ1n) is 14.2. The number of benzene rings is 3. The van der Waals surface area contributed by atoms with Gasteiger partial charge in [0.25, 0.3) is 0 Å². The summed E-state index contributed by atoms with van der Waals surface area (Å²) in [5, 5.41) is 25.8. The van der Waals surface area contributed by atoms with Gasteiger partial charge in [0.05, 0.1) is 0 Å². The zero-order valence-corrected chi connectivity index (χ0v) is 24.2. The van der Waals surface area contributed by atoms with Crippen molar-refractivity contribution in [1.29, 1.82) is 0 Å². The van der Waals surface area contributed by atoms with Crippen LogP contribution < -0.4 is 10.6 Å². The van der Waals surface area contributed by atoms with Crippen LogP contribution in [-0.2, 0) is 27.3 Å². The van der Waals surface area contributed by atoms with E-state index in [4.69, 9.17) is 4.74 Å². The molecule has 0 aliphatic heterocycles. The molecule has 9 nitrogen and oxygen atoms in total. The predicted octanol–water partition coefficient (Wildman–Crippen LogP) is 4.97. The topological polar surface area (TPSA) is 128 Å². The minimum absolute atomic E-state index is 0.0260. The number of amides is 3. The van der Waals surface area contributed by atoms with Crippen molar-refractivity contribution < 1.29 is 29.3 Å². The normalized spacial score (nSPS) is 14.6. The van der Waals surface area contributed by atoms with Crippen LogP contribution in [0.25, 0.3) is 0 Å². The molecule has 1 aliphatic rings. The second-order valence-electron chi connectivity index (χ2n) is 11.6. The number of hydrogen-bond donors (Lipinski definition) is 4. The van der Waals surface area contributed by atoms with Gasteiger partial charge in [-0.1, -0.05) is 54.6 Å². The monoisotopic (exact) mass is 573 g/mol. The van der Waals surface area contributed by atoms with Crippen LogP contribution in [0.4, 0.5) is 4.79 Å². The molecular formula is C33H39N3O6. The molecule has 42 heavy (non-hydrogen) atoms. The van der Waals surface area contributed by atoms with Gasteiger partial charge in [0.2, 0.25) is 11.8 Å². The minimum Gasteiger partial charge on any atom is -0.508 e. The van der Waals surface area contributed by atoms with Crippen LogP contribution in [0.1, 0.15) is 62.8 Å². The number of phenols is 2. The average molecular weight is 574 g/mol. The van der Waals surface area contributed by atoms with Crippen molar-refractivity contribution in [3.63, 3.8) is 0 Å². The van der Waals surface area contributed by atoms with E-state index < -0.39 is 35.6 Å². The van der Waals surface area contributed by atoms with Crippen molar-refractivity contribution in [1.82, 2.24) is 15.5 Å². The zero-order valence-electron chi connectivity index (χ0n) is 24.2. The number of ether oxygens (including phenoxy) is 1.